The molecule has 0 spiro atoms. The molecular weight excluding hydrogens is 525 g/mol. The van der Waals surface area contributed by atoms with Gasteiger partial charge in [-0.2, -0.15) is 26.9 Å². The average molecular weight is 543 g/mol. The Morgan fingerprint density at radius 1 is 1.14 bits per heavy atom. The van der Waals surface area contributed by atoms with Crippen LogP contribution < -0.4 is 9.62 Å². The number of carbonyl (C=O) groups is 1. The topological polar surface area (TPSA) is 103 Å². The van der Waals surface area contributed by atoms with Gasteiger partial charge in [-0.15, -0.1) is 11.3 Å². The van der Waals surface area contributed by atoms with Gasteiger partial charge in [0.15, 0.2) is 5.13 Å². The molecule has 0 saturated carbocycles. The van der Waals surface area contributed by atoms with E-state index in [-0.39, 0.29) is 4.88 Å². The predicted octanol–water partition coefficient (Wildman–Crippen LogP) is 4.81. The van der Waals surface area contributed by atoms with Gasteiger partial charge in [0, 0.05) is 23.0 Å². The molecule has 1 heterocycles. The summed E-state index contributed by atoms with van der Waals surface area (Å²) in [5, 5.41) is 9.84. The quantitative estimate of drug-likeness (QED) is 0.438. The van der Waals surface area contributed by atoms with Gasteiger partial charge in [-0.25, -0.2) is 9.71 Å². The van der Waals surface area contributed by atoms with Crippen LogP contribution in [0.1, 0.15) is 32.1 Å². The van der Waals surface area contributed by atoms with Crippen LogP contribution >= 0.6 is 22.9 Å². The molecule has 0 aliphatic rings. The number of alkyl halides is 3. The first-order chi connectivity index (χ1) is 16.4. The van der Waals surface area contributed by atoms with Crippen LogP contribution in [0.25, 0.3) is 0 Å². The largest absolute Gasteiger partial charge is 0.516 e. The van der Waals surface area contributed by atoms with E-state index < -0.39 is 27.1 Å². The molecule has 0 aliphatic carbocycles. The minimum Gasteiger partial charge on any atom is -0.343 e. The highest BCUT2D eigenvalue weighted by molar-refractivity contribution is 7.90. The third kappa shape index (κ3) is 6.72. The van der Waals surface area contributed by atoms with Crippen LogP contribution in [0.3, 0.4) is 0 Å². The first-order valence-corrected chi connectivity index (χ1v) is 12.7. The molecular formula is C22H18ClF3N4O3S2. The first kappa shape index (κ1) is 26.5. The van der Waals surface area contributed by atoms with Crippen molar-refractivity contribution in [3.8, 4) is 6.07 Å². The van der Waals surface area contributed by atoms with Crippen LogP contribution in [0.15, 0.2) is 48.5 Å². The van der Waals surface area contributed by atoms with Gasteiger partial charge in [-0.3, -0.25) is 4.79 Å². The molecule has 0 unspecified atom stereocenters. The Bertz CT molecular complexity index is 1350. The molecule has 7 nitrogen and oxygen atoms in total. The number of rotatable bonds is 8. The molecule has 35 heavy (non-hydrogen) atoms. The maximum absolute atomic E-state index is 12.7. The summed E-state index contributed by atoms with van der Waals surface area (Å²) in [6.07, 6.45) is 0.544. The number of halogens is 4. The maximum Gasteiger partial charge on any atom is 0.516 e. The van der Waals surface area contributed by atoms with Crippen LogP contribution in [0.2, 0.25) is 5.02 Å². The number of aromatic nitrogens is 1. The fourth-order valence-corrected chi connectivity index (χ4v) is 4.53. The lowest BCUT2D eigenvalue weighted by molar-refractivity contribution is -0.0446. The molecule has 0 atom stereocenters. The summed E-state index contributed by atoms with van der Waals surface area (Å²) in [5.74, 6) is -1.46. The van der Waals surface area contributed by atoms with Gasteiger partial charge in [0.05, 0.1) is 11.6 Å². The Morgan fingerprint density at radius 2 is 1.74 bits per heavy atom. The Hall–Kier alpha value is -3.14. The highest BCUT2D eigenvalue weighted by Crippen LogP contribution is 2.29. The van der Waals surface area contributed by atoms with Crippen molar-refractivity contribution in [2.24, 2.45) is 0 Å². The van der Waals surface area contributed by atoms with Crippen LogP contribution in [0, 0.1) is 18.3 Å². The standard InChI is InChI=1S/C22H18ClF3N4O3S2/c1-14-19(20(31)29-35(32,33)22(24,25)26)28-21(34-14)30(13-17-6-8-18(23)9-7-17)11-10-15-2-4-16(12-27)5-3-15/h2-9H,10-11,13H2,1H3,(H,29,31). The van der Waals surface area contributed by atoms with E-state index in [9.17, 15) is 26.4 Å². The van der Waals surface area contributed by atoms with Crippen LogP contribution in [0.5, 0.6) is 0 Å². The number of anilines is 1. The Morgan fingerprint density at radius 3 is 2.31 bits per heavy atom. The van der Waals surface area contributed by atoms with E-state index in [0.29, 0.717) is 35.2 Å². The maximum atomic E-state index is 12.7. The number of amides is 1. The van der Waals surface area contributed by atoms with Crippen molar-refractivity contribution in [1.29, 1.82) is 5.26 Å². The van der Waals surface area contributed by atoms with Crippen molar-refractivity contribution in [2.75, 3.05) is 11.4 Å². The second-order valence-corrected chi connectivity index (χ2v) is 10.7. The first-order valence-electron chi connectivity index (χ1n) is 9.99. The van der Waals surface area contributed by atoms with Gasteiger partial charge < -0.3 is 4.90 Å². The van der Waals surface area contributed by atoms with Gasteiger partial charge in [0.2, 0.25) is 0 Å². The van der Waals surface area contributed by atoms with Crippen molar-refractivity contribution >= 4 is 44.0 Å². The molecule has 1 amide bonds. The number of hydrogen-bond donors (Lipinski definition) is 1. The van der Waals surface area contributed by atoms with Gasteiger partial charge in [-0.05, 0) is 48.7 Å². The van der Waals surface area contributed by atoms with Gasteiger partial charge in [0.1, 0.15) is 5.69 Å². The lowest BCUT2D eigenvalue weighted by atomic mass is 10.1. The van der Waals surface area contributed by atoms with Crippen molar-refractivity contribution in [1.82, 2.24) is 9.71 Å². The lowest BCUT2D eigenvalue weighted by Crippen LogP contribution is -2.40. The second kappa shape index (κ2) is 10.6. The Kier molecular flexibility index (Phi) is 8.04. The number of hydrogen-bond acceptors (Lipinski definition) is 7. The Balaban J connectivity index is 1.86. The average Bonchev–Trinajstić information content (AvgIpc) is 3.19. The fourth-order valence-electron chi connectivity index (χ4n) is 3.02. The summed E-state index contributed by atoms with van der Waals surface area (Å²) in [7, 11) is -5.86. The normalized spacial score (nSPS) is 11.7. The summed E-state index contributed by atoms with van der Waals surface area (Å²) >= 11 is 7.01. The van der Waals surface area contributed by atoms with Crippen LogP contribution in [-0.2, 0) is 23.0 Å². The van der Waals surface area contributed by atoms with E-state index in [4.69, 9.17) is 16.9 Å². The summed E-state index contributed by atoms with van der Waals surface area (Å²) in [6, 6.07) is 16.1. The molecule has 3 aromatic rings. The molecule has 0 bridgehead atoms. The van der Waals surface area contributed by atoms with E-state index in [1.54, 1.807) is 36.4 Å². The van der Waals surface area contributed by atoms with E-state index in [2.05, 4.69) is 4.98 Å². The minimum atomic E-state index is -5.86. The summed E-state index contributed by atoms with van der Waals surface area (Å²) < 4.78 is 61.7. The Labute approximate surface area is 208 Å². The van der Waals surface area contributed by atoms with Crippen molar-refractivity contribution in [3.05, 3.63) is 80.8 Å². The number of thiazole rings is 1. The molecule has 3 rings (SSSR count). The molecule has 2 aromatic carbocycles. The van der Waals surface area contributed by atoms with E-state index in [0.717, 1.165) is 27.2 Å². The lowest BCUT2D eigenvalue weighted by Gasteiger charge is -2.22. The molecule has 0 radical (unpaired) electrons. The van der Waals surface area contributed by atoms with Gasteiger partial charge in [-0.1, -0.05) is 35.9 Å². The highest BCUT2D eigenvalue weighted by Gasteiger charge is 2.47. The number of nitrogens with one attached hydrogen (secondary N) is 1. The number of benzene rings is 2. The SMILES string of the molecule is Cc1sc(N(CCc2ccc(C#N)cc2)Cc2ccc(Cl)cc2)nc1C(=O)NS(=O)(=O)C(F)(F)F. The molecule has 1 aromatic heterocycles. The number of aryl methyl sites for hydroxylation is 1. The van der Waals surface area contributed by atoms with E-state index in [1.807, 2.05) is 23.1 Å². The zero-order valence-electron chi connectivity index (χ0n) is 18.1. The highest BCUT2D eigenvalue weighted by atomic mass is 35.5. The summed E-state index contributed by atoms with van der Waals surface area (Å²) in [4.78, 5) is 18.5. The number of carbonyl (C=O) groups excluding carboxylic acids is 1. The molecule has 1 N–H and O–H groups in total. The number of nitrogens with zero attached hydrogens (tertiary/aromatic N) is 3. The fraction of sp³-hybridized carbons (Fsp3) is 0.227. The van der Waals surface area contributed by atoms with E-state index in [1.165, 1.54) is 6.92 Å². The van der Waals surface area contributed by atoms with Gasteiger partial charge >= 0.3 is 15.5 Å². The number of sulfonamides is 1. The van der Waals surface area contributed by atoms with Gasteiger partial charge in [0.25, 0.3) is 5.91 Å². The summed E-state index contributed by atoms with van der Waals surface area (Å²) in [6.45, 7) is 2.24. The van der Waals surface area contributed by atoms with E-state index >= 15 is 0 Å². The van der Waals surface area contributed by atoms with Crippen molar-refractivity contribution < 1.29 is 26.4 Å². The predicted molar refractivity (Wildman–Crippen MR) is 127 cm³/mol. The second-order valence-electron chi connectivity index (χ2n) is 7.39. The third-order valence-electron chi connectivity index (χ3n) is 4.84. The smallest absolute Gasteiger partial charge is 0.343 e. The number of nitriles is 1. The molecule has 0 aliphatic heterocycles. The molecule has 13 heteroatoms. The van der Waals surface area contributed by atoms with Crippen LogP contribution in [-0.4, -0.2) is 31.4 Å². The van der Waals surface area contributed by atoms with Crippen LogP contribution in [0.4, 0.5) is 18.3 Å². The zero-order chi connectivity index (χ0) is 25.8. The van der Waals surface area contributed by atoms with Crippen molar-refractivity contribution in [2.45, 2.75) is 25.4 Å². The van der Waals surface area contributed by atoms with Crippen molar-refractivity contribution in [3.63, 3.8) is 0 Å². The zero-order valence-corrected chi connectivity index (χ0v) is 20.5. The minimum absolute atomic E-state index is 0.259. The summed E-state index contributed by atoms with van der Waals surface area (Å²) in [5.41, 5.74) is -3.71. The monoisotopic (exact) mass is 542 g/mol. The third-order valence-corrected chi connectivity index (χ3v) is 7.19. The molecule has 0 fully saturated rings. The molecule has 184 valence electrons. The molecule has 0 saturated heterocycles.